The average Bonchev–Trinajstić information content (AvgIpc) is 2.02. The van der Waals surface area contributed by atoms with Gasteiger partial charge in [-0.3, -0.25) is 0 Å². The van der Waals surface area contributed by atoms with Crippen molar-refractivity contribution in [2.24, 2.45) is 11.1 Å². The second-order valence-electron chi connectivity index (χ2n) is 4.23. The third-order valence-electron chi connectivity index (χ3n) is 2.06. The molecule has 0 aliphatic rings. The first-order valence-corrected chi connectivity index (χ1v) is 4.29. The van der Waals surface area contributed by atoms with Gasteiger partial charge in [0.2, 0.25) is 5.95 Å². The molecule has 1 heterocycles. The van der Waals surface area contributed by atoms with E-state index in [1.165, 1.54) is 6.20 Å². The van der Waals surface area contributed by atoms with Crippen LogP contribution in [0.3, 0.4) is 0 Å². The van der Waals surface area contributed by atoms with Gasteiger partial charge in [-0.2, -0.15) is 4.39 Å². The highest BCUT2D eigenvalue weighted by molar-refractivity contribution is 5.85. The number of aromatic nitrogens is 1. The molecule has 0 aliphatic carbocycles. The van der Waals surface area contributed by atoms with Crippen LogP contribution in [0, 0.1) is 11.4 Å². The predicted molar refractivity (Wildman–Crippen MR) is 57.8 cm³/mol. The van der Waals surface area contributed by atoms with Gasteiger partial charge in [-0.25, -0.2) is 4.98 Å². The summed E-state index contributed by atoms with van der Waals surface area (Å²) in [6, 6.07) is 3.06. The number of nitrogens with zero attached hydrogens (tertiary/aromatic N) is 1. The first-order chi connectivity index (χ1) is 5.93. The van der Waals surface area contributed by atoms with Crippen LogP contribution in [0.1, 0.15) is 32.4 Å². The Morgan fingerprint density at radius 3 is 2.43 bits per heavy atom. The van der Waals surface area contributed by atoms with Gasteiger partial charge in [0.05, 0.1) is 0 Å². The average molecular weight is 219 g/mol. The summed E-state index contributed by atoms with van der Waals surface area (Å²) in [7, 11) is 0. The van der Waals surface area contributed by atoms with Crippen molar-refractivity contribution < 1.29 is 4.39 Å². The third-order valence-corrected chi connectivity index (χ3v) is 2.06. The highest BCUT2D eigenvalue weighted by Gasteiger charge is 2.24. The molecule has 0 unspecified atom stereocenters. The van der Waals surface area contributed by atoms with Gasteiger partial charge >= 0.3 is 0 Å². The Bertz CT molecular complexity index is 296. The summed E-state index contributed by atoms with van der Waals surface area (Å²) in [5.74, 6) is -0.468. The minimum Gasteiger partial charge on any atom is -0.323 e. The van der Waals surface area contributed by atoms with Gasteiger partial charge < -0.3 is 5.73 Å². The summed E-state index contributed by atoms with van der Waals surface area (Å²) < 4.78 is 13.2. The number of pyridine rings is 1. The molecule has 0 saturated carbocycles. The van der Waals surface area contributed by atoms with Crippen LogP contribution in [0.25, 0.3) is 0 Å². The SMILES string of the molecule is CC(C)(C)[C@@H](N)c1cccnc1F.Cl. The Morgan fingerprint density at radius 1 is 1.43 bits per heavy atom. The van der Waals surface area contributed by atoms with Gasteiger partial charge in [-0.1, -0.05) is 26.8 Å². The maximum absolute atomic E-state index is 13.2. The van der Waals surface area contributed by atoms with E-state index in [1.807, 2.05) is 20.8 Å². The fourth-order valence-electron chi connectivity index (χ4n) is 1.10. The molecular formula is C10H16ClFN2. The van der Waals surface area contributed by atoms with Gasteiger partial charge in [-0.05, 0) is 11.5 Å². The van der Waals surface area contributed by atoms with E-state index in [0.717, 1.165) is 0 Å². The molecule has 4 heteroatoms. The van der Waals surface area contributed by atoms with Crippen molar-refractivity contribution in [3.63, 3.8) is 0 Å². The van der Waals surface area contributed by atoms with E-state index in [9.17, 15) is 4.39 Å². The van der Waals surface area contributed by atoms with Crippen LogP contribution in [0.4, 0.5) is 4.39 Å². The maximum Gasteiger partial charge on any atom is 0.217 e. The van der Waals surface area contributed by atoms with Crippen molar-refractivity contribution in [1.29, 1.82) is 0 Å². The summed E-state index contributed by atoms with van der Waals surface area (Å²) in [5.41, 5.74) is 6.23. The quantitative estimate of drug-likeness (QED) is 0.737. The fourth-order valence-corrected chi connectivity index (χ4v) is 1.10. The van der Waals surface area contributed by atoms with Gasteiger partial charge in [0, 0.05) is 17.8 Å². The molecule has 0 amide bonds. The minimum atomic E-state index is -0.468. The Labute approximate surface area is 90.1 Å². The molecule has 1 rings (SSSR count). The van der Waals surface area contributed by atoms with E-state index in [-0.39, 0.29) is 23.9 Å². The zero-order chi connectivity index (χ0) is 10.1. The molecule has 2 N–H and O–H groups in total. The number of rotatable bonds is 1. The van der Waals surface area contributed by atoms with Crippen molar-refractivity contribution in [2.45, 2.75) is 26.8 Å². The zero-order valence-corrected chi connectivity index (χ0v) is 9.44. The van der Waals surface area contributed by atoms with E-state index in [4.69, 9.17) is 5.73 Å². The van der Waals surface area contributed by atoms with Crippen LogP contribution in [0.5, 0.6) is 0 Å². The van der Waals surface area contributed by atoms with Gasteiger partial charge in [0.1, 0.15) is 0 Å². The van der Waals surface area contributed by atoms with Crippen LogP contribution < -0.4 is 5.73 Å². The first kappa shape index (κ1) is 13.3. The maximum atomic E-state index is 13.2. The molecule has 0 aliphatic heterocycles. The van der Waals surface area contributed by atoms with Gasteiger partial charge in [0.25, 0.3) is 0 Å². The van der Waals surface area contributed by atoms with Crippen LogP contribution in [0.2, 0.25) is 0 Å². The predicted octanol–water partition coefficient (Wildman–Crippen LogP) is 2.69. The number of halogens is 2. The molecule has 80 valence electrons. The van der Waals surface area contributed by atoms with Crippen molar-refractivity contribution in [2.75, 3.05) is 0 Å². The van der Waals surface area contributed by atoms with Crippen LogP contribution in [-0.2, 0) is 0 Å². The second-order valence-corrected chi connectivity index (χ2v) is 4.23. The first-order valence-electron chi connectivity index (χ1n) is 4.29. The normalized spacial score (nSPS) is 13.2. The number of nitrogens with two attached hydrogens (primary N) is 1. The van der Waals surface area contributed by atoms with Crippen LogP contribution in [0.15, 0.2) is 18.3 Å². The monoisotopic (exact) mass is 218 g/mol. The summed E-state index contributed by atoms with van der Waals surface area (Å²) in [5, 5.41) is 0. The lowest BCUT2D eigenvalue weighted by atomic mass is 9.83. The van der Waals surface area contributed by atoms with Gasteiger partial charge in [-0.15, -0.1) is 12.4 Å². The lowest BCUT2D eigenvalue weighted by molar-refractivity contribution is 0.317. The van der Waals surface area contributed by atoms with E-state index in [2.05, 4.69) is 4.98 Å². The summed E-state index contributed by atoms with van der Waals surface area (Å²) in [6.45, 7) is 5.93. The lowest BCUT2D eigenvalue weighted by Crippen LogP contribution is -2.27. The molecule has 1 aromatic heterocycles. The molecule has 0 fully saturated rings. The Kier molecular flexibility index (Phi) is 4.49. The van der Waals surface area contributed by atoms with Crippen LogP contribution >= 0.6 is 12.4 Å². The molecule has 0 aromatic carbocycles. The van der Waals surface area contributed by atoms with E-state index >= 15 is 0 Å². The fraction of sp³-hybridized carbons (Fsp3) is 0.500. The van der Waals surface area contributed by atoms with E-state index < -0.39 is 5.95 Å². The molecular weight excluding hydrogens is 203 g/mol. The lowest BCUT2D eigenvalue weighted by Gasteiger charge is -2.27. The van der Waals surface area contributed by atoms with Crippen molar-refractivity contribution in [3.05, 3.63) is 29.8 Å². The van der Waals surface area contributed by atoms with Crippen molar-refractivity contribution in [1.82, 2.24) is 4.98 Å². The highest BCUT2D eigenvalue weighted by Crippen LogP contribution is 2.30. The molecule has 0 bridgehead atoms. The largest absolute Gasteiger partial charge is 0.323 e. The van der Waals surface area contributed by atoms with Crippen LogP contribution in [-0.4, -0.2) is 4.98 Å². The molecule has 14 heavy (non-hydrogen) atoms. The van der Waals surface area contributed by atoms with Crippen molar-refractivity contribution in [3.8, 4) is 0 Å². The summed E-state index contributed by atoms with van der Waals surface area (Å²) >= 11 is 0. The Balaban J connectivity index is 0.00000169. The zero-order valence-electron chi connectivity index (χ0n) is 8.62. The molecule has 0 saturated heterocycles. The standard InChI is InChI=1S/C10H15FN2.ClH/c1-10(2,3)8(12)7-5-4-6-13-9(7)11;/h4-6,8H,12H2,1-3H3;1H/t8-;/m0./s1. The summed E-state index contributed by atoms with van der Waals surface area (Å²) in [6.07, 6.45) is 1.42. The third kappa shape index (κ3) is 2.93. The van der Waals surface area contributed by atoms with Gasteiger partial charge in [0.15, 0.2) is 0 Å². The highest BCUT2D eigenvalue weighted by atomic mass is 35.5. The smallest absolute Gasteiger partial charge is 0.217 e. The molecule has 2 nitrogen and oxygen atoms in total. The molecule has 1 atom stereocenters. The number of hydrogen-bond acceptors (Lipinski definition) is 2. The molecule has 0 radical (unpaired) electrons. The molecule has 1 aromatic rings. The summed E-state index contributed by atoms with van der Waals surface area (Å²) in [4.78, 5) is 3.57. The topological polar surface area (TPSA) is 38.9 Å². The Hall–Kier alpha value is -0.670. The number of hydrogen-bond donors (Lipinski definition) is 1. The van der Waals surface area contributed by atoms with E-state index in [0.29, 0.717) is 5.56 Å². The molecule has 0 spiro atoms. The van der Waals surface area contributed by atoms with E-state index in [1.54, 1.807) is 12.1 Å². The van der Waals surface area contributed by atoms with Crippen molar-refractivity contribution >= 4 is 12.4 Å². The Morgan fingerprint density at radius 2 is 2.00 bits per heavy atom. The second kappa shape index (κ2) is 4.71. The minimum absolute atomic E-state index is 0.